The van der Waals surface area contributed by atoms with Crippen LogP contribution in [0, 0.1) is 5.92 Å². The second-order valence-electron chi connectivity index (χ2n) is 5.00. The van der Waals surface area contributed by atoms with Crippen molar-refractivity contribution in [2.45, 2.75) is 13.8 Å². The highest BCUT2D eigenvalue weighted by molar-refractivity contribution is 7.20. The maximum absolute atomic E-state index is 6.24. The lowest BCUT2D eigenvalue weighted by atomic mass is 10.2. The quantitative estimate of drug-likeness (QED) is 0.786. The first kappa shape index (κ1) is 13.4. The van der Waals surface area contributed by atoms with Crippen LogP contribution >= 0.6 is 22.9 Å². The molecule has 1 aromatic carbocycles. The molecule has 0 saturated carbocycles. The molecule has 0 aliphatic carbocycles. The summed E-state index contributed by atoms with van der Waals surface area (Å²) >= 11 is 7.79. The minimum Gasteiger partial charge on any atom is -0.360 e. The molecule has 0 aliphatic rings. The second kappa shape index (κ2) is 5.42. The molecule has 20 heavy (non-hydrogen) atoms. The van der Waals surface area contributed by atoms with Gasteiger partial charge in [0.1, 0.15) is 0 Å². The van der Waals surface area contributed by atoms with E-state index in [4.69, 9.17) is 11.6 Å². The van der Waals surface area contributed by atoms with Gasteiger partial charge in [-0.25, -0.2) is 9.50 Å². The van der Waals surface area contributed by atoms with Gasteiger partial charge >= 0.3 is 0 Å². The fourth-order valence-electron chi connectivity index (χ4n) is 1.91. The molecule has 0 radical (unpaired) electrons. The summed E-state index contributed by atoms with van der Waals surface area (Å²) < 4.78 is 1.84. The molecule has 104 valence electrons. The van der Waals surface area contributed by atoms with E-state index in [1.165, 1.54) is 0 Å². The summed E-state index contributed by atoms with van der Waals surface area (Å²) in [4.78, 5) is 5.27. The smallest absolute Gasteiger partial charge is 0.214 e. The number of imidazole rings is 1. The Morgan fingerprint density at radius 2 is 2.15 bits per heavy atom. The average Bonchev–Trinajstić information content (AvgIpc) is 2.97. The van der Waals surface area contributed by atoms with Crippen LogP contribution in [-0.2, 0) is 0 Å². The van der Waals surface area contributed by atoms with Gasteiger partial charge in [-0.2, -0.15) is 0 Å². The van der Waals surface area contributed by atoms with Gasteiger partial charge in [0.05, 0.1) is 16.9 Å². The first-order chi connectivity index (χ1) is 9.65. The van der Waals surface area contributed by atoms with Gasteiger partial charge < -0.3 is 5.32 Å². The number of anilines is 1. The van der Waals surface area contributed by atoms with Crippen molar-refractivity contribution in [2.75, 3.05) is 11.9 Å². The summed E-state index contributed by atoms with van der Waals surface area (Å²) in [6, 6.07) is 7.73. The topological polar surface area (TPSA) is 42.2 Å². The Morgan fingerprint density at radius 3 is 2.90 bits per heavy atom. The number of nitrogens with one attached hydrogen (secondary N) is 1. The number of hydrogen-bond donors (Lipinski definition) is 1. The van der Waals surface area contributed by atoms with Crippen LogP contribution in [-0.4, -0.2) is 21.1 Å². The maximum Gasteiger partial charge on any atom is 0.214 e. The predicted octanol–water partition coefficient (Wildman–Crippen LogP) is 4.18. The van der Waals surface area contributed by atoms with Crippen LogP contribution in [0.5, 0.6) is 0 Å². The summed E-state index contributed by atoms with van der Waals surface area (Å²) in [6.45, 7) is 5.24. The van der Waals surface area contributed by atoms with Crippen LogP contribution in [0.3, 0.4) is 0 Å². The number of halogens is 1. The zero-order valence-corrected chi connectivity index (χ0v) is 12.9. The molecule has 0 aliphatic heterocycles. The van der Waals surface area contributed by atoms with Gasteiger partial charge in [-0.15, -0.1) is 5.10 Å². The molecule has 0 saturated heterocycles. The van der Waals surface area contributed by atoms with Gasteiger partial charge in [0, 0.05) is 12.1 Å². The summed E-state index contributed by atoms with van der Waals surface area (Å²) in [5, 5.41) is 9.48. The third-order valence-corrected chi connectivity index (χ3v) is 4.11. The minimum absolute atomic E-state index is 0.578. The molecule has 0 fully saturated rings. The molecular weight excluding hydrogens is 292 g/mol. The number of benzene rings is 1. The third kappa shape index (κ3) is 2.51. The van der Waals surface area contributed by atoms with Crippen LogP contribution in [0.4, 0.5) is 5.13 Å². The number of fused-ring (bicyclic) bond motifs is 1. The van der Waals surface area contributed by atoms with Gasteiger partial charge in [-0.1, -0.05) is 55.0 Å². The van der Waals surface area contributed by atoms with E-state index < -0.39 is 0 Å². The summed E-state index contributed by atoms with van der Waals surface area (Å²) in [6.07, 6.45) is 1.81. The lowest BCUT2D eigenvalue weighted by Crippen LogP contribution is -2.07. The van der Waals surface area contributed by atoms with E-state index in [1.807, 2.05) is 35.0 Å². The van der Waals surface area contributed by atoms with Crippen LogP contribution in [0.15, 0.2) is 30.5 Å². The zero-order valence-electron chi connectivity index (χ0n) is 11.3. The highest BCUT2D eigenvalue weighted by Gasteiger charge is 2.13. The lowest BCUT2D eigenvalue weighted by molar-refractivity contribution is 0.687. The Bertz CT molecular complexity index is 732. The first-order valence-electron chi connectivity index (χ1n) is 6.48. The molecule has 0 amide bonds. The van der Waals surface area contributed by atoms with Gasteiger partial charge in [0.15, 0.2) is 0 Å². The van der Waals surface area contributed by atoms with Crippen molar-refractivity contribution >= 4 is 33.0 Å². The standard InChI is InChI=1S/C14H15ClN4S/c1-9(2)7-16-13-18-19-12(8-17-14(19)20-13)10-5-3-4-6-11(10)15/h3-6,8-9H,7H2,1-2H3,(H,16,18). The average molecular weight is 307 g/mol. The molecule has 1 N–H and O–H groups in total. The summed E-state index contributed by atoms with van der Waals surface area (Å²) in [5.41, 5.74) is 1.86. The molecule has 2 heterocycles. The highest BCUT2D eigenvalue weighted by Crippen LogP contribution is 2.30. The van der Waals surface area contributed by atoms with Gasteiger partial charge in [0.25, 0.3) is 0 Å². The fraction of sp³-hybridized carbons (Fsp3) is 0.286. The van der Waals surface area contributed by atoms with E-state index in [-0.39, 0.29) is 0 Å². The van der Waals surface area contributed by atoms with Crippen molar-refractivity contribution in [2.24, 2.45) is 5.92 Å². The molecule has 0 unspecified atom stereocenters. The van der Waals surface area contributed by atoms with E-state index in [2.05, 4.69) is 29.2 Å². The molecule has 4 nitrogen and oxygen atoms in total. The Labute approximate surface area is 126 Å². The third-order valence-electron chi connectivity index (χ3n) is 2.90. The van der Waals surface area contributed by atoms with E-state index in [9.17, 15) is 0 Å². The van der Waals surface area contributed by atoms with E-state index in [1.54, 1.807) is 11.3 Å². The van der Waals surface area contributed by atoms with Crippen LogP contribution in [0.1, 0.15) is 13.8 Å². The lowest BCUT2D eigenvalue weighted by Gasteiger charge is -2.04. The normalized spacial score (nSPS) is 11.4. The molecule has 3 aromatic rings. The predicted molar refractivity (Wildman–Crippen MR) is 84.6 cm³/mol. The Kier molecular flexibility index (Phi) is 3.63. The molecule has 0 spiro atoms. The maximum atomic E-state index is 6.24. The minimum atomic E-state index is 0.578. The van der Waals surface area contributed by atoms with Gasteiger partial charge in [-0.05, 0) is 12.0 Å². The van der Waals surface area contributed by atoms with Crippen LogP contribution < -0.4 is 5.32 Å². The molecule has 0 atom stereocenters. The SMILES string of the molecule is CC(C)CNc1nn2c(-c3ccccc3Cl)cnc2s1. The van der Waals surface area contributed by atoms with E-state index >= 15 is 0 Å². The first-order valence-corrected chi connectivity index (χ1v) is 7.68. The second-order valence-corrected chi connectivity index (χ2v) is 6.36. The Morgan fingerprint density at radius 1 is 1.35 bits per heavy atom. The van der Waals surface area contributed by atoms with Crippen molar-refractivity contribution < 1.29 is 0 Å². The van der Waals surface area contributed by atoms with Gasteiger partial charge in [-0.3, -0.25) is 0 Å². The number of rotatable bonds is 4. The highest BCUT2D eigenvalue weighted by atomic mass is 35.5. The van der Waals surface area contributed by atoms with Gasteiger partial charge in [0.2, 0.25) is 10.1 Å². The molecular formula is C14H15ClN4S. The Balaban J connectivity index is 1.99. The molecule has 2 aromatic heterocycles. The number of aromatic nitrogens is 3. The molecule has 0 bridgehead atoms. The van der Waals surface area contributed by atoms with Crippen molar-refractivity contribution in [1.29, 1.82) is 0 Å². The van der Waals surface area contributed by atoms with Crippen molar-refractivity contribution in [1.82, 2.24) is 14.6 Å². The summed E-state index contributed by atoms with van der Waals surface area (Å²) in [5.74, 6) is 0.578. The van der Waals surface area contributed by atoms with Crippen molar-refractivity contribution in [3.8, 4) is 11.3 Å². The Hall–Kier alpha value is -1.59. The fourth-order valence-corrected chi connectivity index (χ4v) is 2.92. The van der Waals surface area contributed by atoms with Crippen LogP contribution in [0.25, 0.3) is 16.2 Å². The molecule has 6 heteroatoms. The van der Waals surface area contributed by atoms with E-state index in [0.717, 1.165) is 27.9 Å². The van der Waals surface area contributed by atoms with Crippen molar-refractivity contribution in [3.63, 3.8) is 0 Å². The largest absolute Gasteiger partial charge is 0.360 e. The number of hydrogen-bond acceptors (Lipinski definition) is 4. The van der Waals surface area contributed by atoms with E-state index in [0.29, 0.717) is 10.9 Å². The van der Waals surface area contributed by atoms with Crippen LogP contribution in [0.2, 0.25) is 5.02 Å². The van der Waals surface area contributed by atoms with Crippen molar-refractivity contribution in [3.05, 3.63) is 35.5 Å². The summed E-state index contributed by atoms with van der Waals surface area (Å²) in [7, 11) is 0. The zero-order chi connectivity index (χ0) is 14.1. The monoisotopic (exact) mass is 306 g/mol. The number of nitrogens with zero attached hydrogens (tertiary/aromatic N) is 3. The molecule has 3 rings (SSSR count).